The molecule has 1 aliphatic heterocycles. The zero-order chi connectivity index (χ0) is 14.9. The lowest BCUT2D eigenvalue weighted by Gasteiger charge is -2.08. The summed E-state index contributed by atoms with van der Waals surface area (Å²) >= 11 is 0. The van der Waals surface area contributed by atoms with E-state index in [1.165, 1.54) is 12.3 Å². The van der Waals surface area contributed by atoms with E-state index in [1.54, 1.807) is 10.9 Å². The standard InChI is InChI=1S/C14H13N3O3S/c18-14(16-12-6-7-21(19,20)10-12)11-8-15-17(9-11)13-4-2-1-3-5-13/h1-9,12H,10H2,(H,16,18)/t12-/m1/s1. The van der Waals surface area contributed by atoms with E-state index in [0.717, 1.165) is 11.1 Å². The number of rotatable bonds is 3. The third-order valence-electron chi connectivity index (χ3n) is 3.11. The van der Waals surface area contributed by atoms with Gasteiger partial charge in [0.1, 0.15) is 0 Å². The molecule has 7 heteroatoms. The number of sulfone groups is 1. The average molecular weight is 303 g/mol. The summed E-state index contributed by atoms with van der Waals surface area (Å²) < 4.78 is 24.2. The summed E-state index contributed by atoms with van der Waals surface area (Å²) in [5.74, 6) is -0.435. The van der Waals surface area contributed by atoms with Crippen molar-refractivity contribution in [3.63, 3.8) is 0 Å². The molecule has 108 valence electrons. The van der Waals surface area contributed by atoms with E-state index in [0.29, 0.717) is 5.56 Å². The number of carbonyl (C=O) groups is 1. The van der Waals surface area contributed by atoms with Gasteiger partial charge in [-0.15, -0.1) is 0 Å². The molecule has 3 rings (SSSR count). The van der Waals surface area contributed by atoms with Crippen molar-refractivity contribution >= 4 is 15.7 Å². The van der Waals surface area contributed by atoms with E-state index in [1.807, 2.05) is 30.3 Å². The zero-order valence-corrected chi connectivity index (χ0v) is 11.8. The topological polar surface area (TPSA) is 81.1 Å². The van der Waals surface area contributed by atoms with Crippen molar-refractivity contribution in [1.29, 1.82) is 0 Å². The highest BCUT2D eigenvalue weighted by molar-refractivity contribution is 7.94. The van der Waals surface area contributed by atoms with E-state index in [2.05, 4.69) is 10.4 Å². The molecule has 2 heterocycles. The van der Waals surface area contributed by atoms with Gasteiger partial charge in [0.15, 0.2) is 9.84 Å². The summed E-state index contributed by atoms with van der Waals surface area (Å²) in [5.41, 5.74) is 1.23. The SMILES string of the molecule is O=C(N[C@@H]1C=CS(=O)(=O)C1)c1cnn(-c2ccccc2)c1. The Morgan fingerprint density at radius 1 is 1.29 bits per heavy atom. The molecule has 1 atom stereocenters. The number of hydrogen-bond donors (Lipinski definition) is 1. The van der Waals surface area contributed by atoms with Crippen LogP contribution in [0.5, 0.6) is 0 Å². The molecule has 0 unspecified atom stereocenters. The van der Waals surface area contributed by atoms with E-state index < -0.39 is 15.9 Å². The number of amides is 1. The highest BCUT2D eigenvalue weighted by atomic mass is 32.2. The van der Waals surface area contributed by atoms with Crippen LogP contribution >= 0.6 is 0 Å². The van der Waals surface area contributed by atoms with Crippen molar-refractivity contribution in [2.45, 2.75) is 6.04 Å². The Labute approximate surface area is 122 Å². The smallest absolute Gasteiger partial charge is 0.254 e. The number of hydrogen-bond acceptors (Lipinski definition) is 4. The van der Waals surface area contributed by atoms with Gasteiger partial charge in [-0.1, -0.05) is 18.2 Å². The van der Waals surface area contributed by atoms with Gasteiger partial charge in [0.2, 0.25) is 0 Å². The normalized spacial score (nSPS) is 19.5. The monoisotopic (exact) mass is 303 g/mol. The second-order valence-electron chi connectivity index (χ2n) is 4.75. The lowest BCUT2D eigenvalue weighted by atomic mass is 10.3. The van der Waals surface area contributed by atoms with Crippen LogP contribution in [-0.2, 0) is 9.84 Å². The first-order valence-electron chi connectivity index (χ1n) is 6.35. The molecule has 1 amide bonds. The first kappa shape index (κ1) is 13.6. The minimum absolute atomic E-state index is 0.0917. The van der Waals surface area contributed by atoms with Crippen molar-refractivity contribution in [3.8, 4) is 5.69 Å². The molecule has 0 saturated carbocycles. The van der Waals surface area contributed by atoms with Crippen molar-refractivity contribution in [2.24, 2.45) is 0 Å². The third-order valence-corrected chi connectivity index (χ3v) is 4.51. The average Bonchev–Trinajstić information content (AvgIpc) is 3.07. The summed E-state index contributed by atoms with van der Waals surface area (Å²) in [6.45, 7) is 0. The molecule has 0 aliphatic carbocycles. The van der Waals surface area contributed by atoms with Gasteiger partial charge in [-0.2, -0.15) is 5.10 Å². The summed E-state index contributed by atoms with van der Waals surface area (Å²) in [7, 11) is -3.18. The highest BCUT2D eigenvalue weighted by Crippen LogP contribution is 2.10. The zero-order valence-electron chi connectivity index (χ0n) is 11.0. The number of aromatic nitrogens is 2. The molecule has 0 radical (unpaired) electrons. The maximum atomic E-state index is 12.1. The molecule has 2 aromatic rings. The van der Waals surface area contributed by atoms with Gasteiger partial charge in [-0.25, -0.2) is 13.1 Å². The fraction of sp³-hybridized carbons (Fsp3) is 0.143. The molecular formula is C14H13N3O3S. The van der Waals surface area contributed by atoms with E-state index >= 15 is 0 Å². The van der Waals surface area contributed by atoms with E-state index in [-0.39, 0.29) is 11.7 Å². The second kappa shape index (κ2) is 5.17. The Hall–Kier alpha value is -2.41. The second-order valence-corrected chi connectivity index (χ2v) is 6.68. The number of nitrogens with zero attached hydrogens (tertiary/aromatic N) is 2. The Morgan fingerprint density at radius 2 is 2.05 bits per heavy atom. The Bertz CT molecular complexity index is 794. The van der Waals surface area contributed by atoms with Gasteiger partial charge in [0.25, 0.3) is 5.91 Å². The number of benzene rings is 1. The van der Waals surface area contributed by atoms with Crippen LogP contribution in [0.3, 0.4) is 0 Å². The van der Waals surface area contributed by atoms with E-state index in [4.69, 9.17) is 0 Å². The predicted octanol–water partition coefficient (Wildman–Crippen LogP) is 0.913. The van der Waals surface area contributed by atoms with Crippen LogP contribution < -0.4 is 5.32 Å². The van der Waals surface area contributed by atoms with Crippen molar-refractivity contribution in [1.82, 2.24) is 15.1 Å². The molecular weight excluding hydrogens is 290 g/mol. The maximum absolute atomic E-state index is 12.1. The summed E-state index contributed by atoms with van der Waals surface area (Å²) in [4.78, 5) is 12.1. The van der Waals surface area contributed by atoms with Crippen LogP contribution in [0.1, 0.15) is 10.4 Å². The molecule has 0 fully saturated rings. The third kappa shape index (κ3) is 3.03. The fourth-order valence-electron chi connectivity index (χ4n) is 2.08. The minimum atomic E-state index is -3.18. The van der Waals surface area contributed by atoms with Crippen LogP contribution in [0, 0.1) is 0 Å². The van der Waals surface area contributed by atoms with E-state index in [9.17, 15) is 13.2 Å². The number of para-hydroxylation sites is 1. The number of carbonyl (C=O) groups excluding carboxylic acids is 1. The molecule has 0 bridgehead atoms. The highest BCUT2D eigenvalue weighted by Gasteiger charge is 2.23. The minimum Gasteiger partial charge on any atom is -0.345 e. The molecule has 0 saturated heterocycles. The van der Waals surface area contributed by atoms with Crippen molar-refractivity contribution in [2.75, 3.05) is 5.75 Å². The van der Waals surface area contributed by atoms with Gasteiger partial charge in [0, 0.05) is 11.6 Å². The molecule has 21 heavy (non-hydrogen) atoms. The summed E-state index contributed by atoms with van der Waals surface area (Å²) in [6.07, 6.45) is 4.54. The summed E-state index contributed by atoms with van der Waals surface area (Å²) in [5, 5.41) is 7.92. The van der Waals surface area contributed by atoms with Crippen LogP contribution in [0.15, 0.2) is 54.2 Å². The Morgan fingerprint density at radius 3 is 2.71 bits per heavy atom. The molecule has 0 spiro atoms. The summed E-state index contributed by atoms with van der Waals surface area (Å²) in [6, 6.07) is 8.92. The first-order valence-corrected chi connectivity index (χ1v) is 8.07. The molecule has 1 N–H and O–H groups in total. The Kier molecular flexibility index (Phi) is 3.34. The van der Waals surface area contributed by atoms with Gasteiger partial charge in [0.05, 0.1) is 29.2 Å². The molecule has 1 aromatic carbocycles. The lowest BCUT2D eigenvalue weighted by molar-refractivity contribution is 0.0947. The van der Waals surface area contributed by atoms with Gasteiger partial charge >= 0.3 is 0 Å². The van der Waals surface area contributed by atoms with Crippen LogP contribution in [-0.4, -0.2) is 35.9 Å². The van der Waals surface area contributed by atoms with Gasteiger partial charge < -0.3 is 5.32 Å². The predicted molar refractivity (Wildman–Crippen MR) is 77.7 cm³/mol. The molecule has 1 aromatic heterocycles. The largest absolute Gasteiger partial charge is 0.345 e. The number of nitrogens with one attached hydrogen (secondary N) is 1. The van der Waals surface area contributed by atoms with Crippen LogP contribution in [0.4, 0.5) is 0 Å². The van der Waals surface area contributed by atoms with Crippen LogP contribution in [0.25, 0.3) is 5.69 Å². The van der Waals surface area contributed by atoms with Gasteiger partial charge in [-0.05, 0) is 18.2 Å². The molecule has 1 aliphatic rings. The Balaban J connectivity index is 1.72. The first-order chi connectivity index (χ1) is 10.0. The van der Waals surface area contributed by atoms with Gasteiger partial charge in [-0.3, -0.25) is 4.79 Å². The quantitative estimate of drug-likeness (QED) is 0.914. The van der Waals surface area contributed by atoms with Crippen molar-refractivity contribution < 1.29 is 13.2 Å². The molecule has 6 nitrogen and oxygen atoms in total. The fourth-order valence-corrected chi connectivity index (χ4v) is 3.31. The van der Waals surface area contributed by atoms with Crippen LogP contribution in [0.2, 0.25) is 0 Å². The lowest BCUT2D eigenvalue weighted by Crippen LogP contribution is -2.35. The maximum Gasteiger partial charge on any atom is 0.254 e. The van der Waals surface area contributed by atoms with Crippen molar-refractivity contribution in [3.05, 3.63) is 59.8 Å².